The fourth-order valence-electron chi connectivity index (χ4n) is 11.0. The molecule has 1 aliphatic carbocycles. The predicted molar refractivity (Wildman–Crippen MR) is 255 cm³/mol. The van der Waals surface area contributed by atoms with E-state index in [0.29, 0.717) is 5.92 Å². The molecular formula is C56H37N5. The Bertz CT molecular complexity index is 3780. The highest BCUT2D eigenvalue weighted by molar-refractivity contribution is 6.15. The summed E-state index contributed by atoms with van der Waals surface area (Å²) < 4.78 is 9.72. The van der Waals surface area contributed by atoms with Gasteiger partial charge in [-0.1, -0.05) is 116 Å². The van der Waals surface area contributed by atoms with Gasteiger partial charge in [0, 0.05) is 49.1 Å². The van der Waals surface area contributed by atoms with E-state index in [1.54, 1.807) is 0 Å². The summed E-state index contributed by atoms with van der Waals surface area (Å²) in [5.74, 6) is 0.416. The van der Waals surface area contributed by atoms with Crippen molar-refractivity contribution < 1.29 is 0 Å². The molecule has 5 aromatic heterocycles. The fourth-order valence-corrected chi connectivity index (χ4v) is 11.0. The maximum absolute atomic E-state index is 5.60. The van der Waals surface area contributed by atoms with Crippen LogP contribution in [-0.4, -0.2) is 23.1 Å². The van der Waals surface area contributed by atoms with Gasteiger partial charge in [0.25, 0.3) is 0 Å². The lowest BCUT2D eigenvalue weighted by molar-refractivity contribution is 0.770. The average Bonchev–Trinajstić information content (AvgIpc) is 4.06. The van der Waals surface area contributed by atoms with E-state index in [1.807, 2.05) is 0 Å². The molecule has 0 saturated carbocycles. The molecule has 61 heavy (non-hydrogen) atoms. The minimum atomic E-state index is 0.416. The molecule has 14 rings (SSSR count). The third kappa shape index (κ3) is 4.37. The number of pyridine rings is 1. The van der Waals surface area contributed by atoms with Crippen LogP contribution >= 0.6 is 0 Å². The van der Waals surface area contributed by atoms with Crippen LogP contribution in [-0.2, 0) is 0 Å². The maximum Gasteiger partial charge on any atom is 0.146 e. The van der Waals surface area contributed by atoms with Crippen molar-refractivity contribution in [2.24, 2.45) is 0 Å². The molecule has 1 atom stereocenters. The Morgan fingerprint density at radius 1 is 0.426 bits per heavy atom. The van der Waals surface area contributed by atoms with Crippen LogP contribution in [0.15, 0.2) is 182 Å². The standard InChI is InChI=1S/C56H37N5/c1-34-14-12-25-51-54(34)41-19-2-3-20-42(41)56-57-55-52(26-13-27-53(55)61(51)56)60-49-30-28-35(58-45-21-8-4-15-37(45)38-16-5-9-22-46(38)58)32-43(49)44-33-36(29-31-50(44)60)59-47-23-10-6-17-39(47)40-18-7-11-24-48(40)59/h2-13,15-34H,14H2,1H3. The first kappa shape index (κ1) is 33.0. The highest BCUT2D eigenvalue weighted by Crippen LogP contribution is 2.43. The summed E-state index contributed by atoms with van der Waals surface area (Å²) >= 11 is 0. The van der Waals surface area contributed by atoms with E-state index in [9.17, 15) is 0 Å². The van der Waals surface area contributed by atoms with E-state index in [1.165, 1.54) is 76.4 Å². The van der Waals surface area contributed by atoms with Crippen molar-refractivity contribution >= 4 is 98.9 Å². The van der Waals surface area contributed by atoms with Gasteiger partial charge >= 0.3 is 0 Å². The molecular weight excluding hydrogens is 743 g/mol. The van der Waals surface area contributed by atoms with Crippen LogP contribution < -0.4 is 0 Å². The molecule has 0 fully saturated rings. The van der Waals surface area contributed by atoms with Gasteiger partial charge in [-0.05, 0) is 102 Å². The number of benzene rings is 8. The van der Waals surface area contributed by atoms with E-state index >= 15 is 0 Å². The van der Waals surface area contributed by atoms with E-state index in [2.05, 4.69) is 213 Å². The van der Waals surface area contributed by atoms with Crippen LogP contribution in [0.1, 0.15) is 30.5 Å². The number of hydrogen-bond donors (Lipinski definition) is 0. The van der Waals surface area contributed by atoms with Gasteiger partial charge in [0.2, 0.25) is 0 Å². The van der Waals surface area contributed by atoms with Gasteiger partial charge in [0.15, 0.2) is 0 Å². The number of allylic oxidation sites excluding steroid dienone is 1. The molecule has 5 nitrogen and oxygen atoms in total. The van der Waals surface area contributed by atoms with Gasteiger partial charge < -0.3 is 13.7 Å². The van der Waals surface area contributed by atoms with Crippen LogP contribution in [0.3, 0.4) is 0 Å². The molecule has 286 valence electrons. The first-order valence-electron chi connectivity index (χ1n) is 21.3. The van der Waals surface area contributed by atoms with Crippen molar-refractivity contribution in [3.8, 4) is 17.1 Å². The molecule has 0 spiro atoms. The summed E-state index contributed by atoms with van der Waals surface area (Å²) in [6.45, 7) is 2.35. The van der Waals surface area contributed by atoms with E-state index in [4.69, 9.17) is 4.98 Å². The number of para-hydroxylation sites is 5. The predicted octanol–water partition coefficient (Wildman–Crippen LogP) is 14.5. The number of aromatic nitrogens is 5. The number of rotatable bonds is 3. The topological polar surface area (TPSA) is 32.1 Å². The van der Waals surface area contributed by atoms with Gasteiger partial charge in [0.05, 0.1) is 50.0 Å². The highest BCUT2D eigenvalue weighted by Gasteiger charge is 2.25. The molecule has 5 heteroatoms. The van der Waals surface area contributed by atoms with Crippen LogP contribution in [0, 0.1) is 0 Å². The molecule has 0 bridgehead atoms. The van der Waals surface area contributed by atoms with Crippen LogP contribution in [0.2, 0.25) is 0 Å². The van der Waals surface area contributed by atoms with Crippen molar-refractivity contribution in [2.45, 2.75) is 19.3 Å². The second kappa shape index (κ2) is 12.1. The van der Waals surface area contributed by atoms with Crippen molar-refractivity contribution in [2.75, 3.05) is 0 Å². The minimum Gasteiger partial charge on any atom is -0.309 e. The summed E-state index contributed by atoms with van der Waals surface area (Å²) in [6, 6.07) is 64.7. The number of imidazole rings is 1. The molecule has 0 radical (unpaired) electrons. The second-order valence-electron chi connectivity index (χ2n) is 16.8. The Morgan fingerprint density at radius 3 is 1.43 bits per heavy atom. The van der Waals surface area contributed by atoms with Gasteiger partial charge in [-0.2, -0.15) is 0 Å². The summed E-state index contributed by atoms with van der Waals surface area (Å²) in [7, 11) is 0. The van der Waals surface area contributed by atoms with Crippen molar-refractivity contribution in [3.63, 3.8) is 0 Å². The third-order valence-electron chi connectivity index (χ3n) is 13.5. The SMILES string of the molecule is CC1CC=Cc2c1c1ccccc1c1nc3c(-n4c5ccc(-n6c7ccccc7c7ccccc76)cc5c5cc(-n6c7ccccc7c7ccccc76)ccc54)cccc3n21. The van der Waals surface area contributed by atoms with Crippen LogP contribution in [0.5, 0.6) is 0 Å². The van der Waals surface area contributed by atoms with Crippen LogP contribution in [0.25, 0.3) is 116 Å². The maximum atomic E-state index is 5.60. The summed E-state index contributed by atoms with van der Waals surface area (Å²) in [5, 5.41) is 9.90. The molecule has 1 unspecified atom stereocenters. The number of hydrogen-bond acceptors (Lipinski definition) is 1. The van der Waals surface area contributed by atoms with Crippen molar-refractivity contribution in [1.82, 2.24) is 23.1 Å². The van der Waals surface area contributed by atoms with E-state index in [0.717, 1.165) is 51.2 Å². The lowest BCUT2D eigenvalue weighted by Crippen LogP contribution is -2.07. The summed E-state index contributed by atoms with van der Waals surface area (Å²) in [5.41, 5.74) is 16.2. The smallest absolute Gasteiger partial charge is 0.146 e. The first-order chi connectivity index (χ1) is 30.2. The Hall–Kier alpha value is -7.89. The summed E-state index contributed by atoms with van der Waals surface area (Å²) in [4.78, 5) is 5.60. The molecule has 8 aromatic carbocycles. The zero-order chi connectivity index (χ0) is 39.9. The number of nitrogens with zero attached hydrogens (tertiary/aromatic N) is 5. The molecule has 1 aliphatic rings. The normalized spacial score (nSPS) is 14.3. The van der Waals surface area contributed by atoms with Gasteiger partial charge in [0.1, 0.15) is 11.2 Å². The third-order valence-corrected chi connectivity index (χ3v) is 13.5. The monoisotopic (exact) mass is 779 g/mol. The van der Waals surface area contributed by atoms with Crippen molar-refractivity contribution in [1.29, 1.82) is 0 Å². The molecule has 0 saturated heterocycles. The van der Waals surface area contributed by atoms with E-state index in [-0.39, 0.29) is 0 Å². The minimum absolute atomic E-state index is 0.416. The number of fused-ring (bicyclic) bond motifs is 17. The lowest BCUT2D eigenvalue weighted by Gasteiger charge is -2.22. The highest BCUT2D eigenvalue weighted by atomic mass is 15.1. The lowest BCUT2D eigenvalue weighted by atomic mass is 9.87. The van der Waals surface area contributed by atoms with Crippen molar-refractivity contribution in [3.05, 3.63) is 193 Å². The average molecular weight is 780 g/mol. The van der Waals surface area contributed by atoms with E-state index < -0.39 is 0 Å². The van der Waals surface area contributed by atoms with Gasteiger partial charge in [-0.3, -0.25) is 4.40 Å². The first-order valence-corrected chi connectivity index (χ1v) is 21.3. The zero-order valence-electron chi connectivity index (χ0n) is 33.4. The Morgan fingerprint density at radius 2 is 0.885 bits per heavy atom. The Balaban J connectivity index is 1.10. The second-order valence-corrected chi connectivity index (χ2v) is 16.8. The quantitative estimate of drug-likeness (QED) is 0.176. The molecule has 0 N–H and O–H groups in total. The molecule has 13 aromatic rings. The Labute approximate surface area is 350 Å². The molecule has 0 aliphatic heterocycles. The van der Waals surface area contributed by atoms with Gasteiger partial charge in [-0.25, -0.2) is 4.98 Å². The zero-order valence-corrected chi connectivity index (χ0v) is 33.4. The van der Waals surface area contributed by atoms with Gasteiger partial charge in [-0.15, -0.1) is 0 Å². The largest absolute Gasteiger partial charge is 0.309 e. The molecule has 0 amide bonds. The Kier molecular flexibility index (Phi) is 6.54. The molecule has 5 heterocycles. The van der Waals surface area contributed by atoms with Crippen LogP contribution in [0.4, 0.5) is 0 Å². The fraction of sp³-hybridized carbons (Fsp3) is 0.0536. The summed E-state index contributed by atoms with van der Waals surface area (Å²) in [6.07, 6.45) is 5.68.